The Morgan fingerprint density at radius 2 is 1.46 bits per heavy atom. The standard InChI is InChI=1S/C23H23N3O2/c1-26(2)21-14-13-19(25-22(27)18-11-7-4-8-12-18)15-20(21)23(28)24-16-17-9-5-3-6-10-17/h3-15H,16H2,1-2H3,(H,24,28)(H,25,27). The molecule has 0 unspecified atom stereocenters. The lowest BCUT2D eigenvalue weighted by atomic mass is 10.1. The monoisotopic (exact) mass is 373 g/mol. The minimum Gasteiger partial charge on any atom is -0.377 e. The van der Waals surface area contributed by atoms with E-state index in [0.717, 1.165) is 11.3 Å². The van der Waals surface area contributed by atoms with E-state index in [-0.39, 0.29) is 11.8 Å². The van der Waals surface area contributed by atoms with Crippen molar-refractivity contribution in [3.63, 3.8) is 0 Å². The van der Waals surface area contributed by atoms with Crippen LogP contribution < -0.4 is 15.5 Å². The van der Waals surface area contributed by atoms with Gasteiger partial charge in [0.15, 0.2) is 0 Å². The molecule has 5 nitrogen and oxygen atoms in total. The normalized spacial score (nSPS) is 10.2. The van der Waals surface area contributed by atoms with Crippen molar-refractivity contribution in [3.8, 4) is 0 Å². The molecule has 0 aliphatic carbocycles. The number of anilines is 2. The summed E-state index contributed by atoms with van der Waals surface area (Å²) in [5.74, 6) is -0.405. The van der Waals surface area contributed by atoms with Gasteiger partial charge in [-0.05, 0) is 35.9 Å². The molecule has 2 N–H and O–H groups in total. The summed E-state index contributed by atoms with van der Waals surface area (Å²) in [6, 6.07) is 24.0. The molecule has 3 aromatic carbocycles. The fraction of sp³-hybridized carbons (Fsp3) is 0.130. The van der Waals surface area contributed by atoms with Crippen LogP contribution in [0.25, 0.3) is 0 Å². The molecule has 0 bridgehead atoms. The van der Waals surface area contributed by atoms with Crippen LogP contribution in [0.2, 0.25) is 0 Å². The van der Waals surface area contributed by atoms with Gasteiger partial charge in [-0.1, -0.05) is 48.5 Å². The first-order valence-electron chi connectivity index (χ1n) is 9.04. The summed E-state index contributed by atoms with van der Waals surface area (Å²) in [7, 11) is 3.76. The number of carbonyl (C=O) groups is 2. The van der Waals surface area contributed by atoms with E-state index in [0.29, 0.717) is 23.4 Å². The number of hydrogen-bond donors (Lipinski definition) is 2. The third kappa shape index (κ3) is 4.76. The highest BCUT2D eigenvalue weighted by molar-refractivity contribution is 6.06. The summed E-state index contributed by atoms with van der Waals surface area (Å²) < 4.78 is 0. The maximum absolute atomic E-state index is 12.8. The number of rotatable bonds is 6. The van der Waals surface area contributed by atoms with Gasteiger partial charge in [-0.3, -0.25) is 9.59 Å². The second-order valence-corrected chi connectivity index (χ2v) is 6.61. The van der Waals surface area contributed by atoms with Gasteiger partial charge in [-0.2, -0.15) is 0 Å². The zero-order valence-corrected chi connectivity index (χ0v) is 16.0. The summed E-state index contributed by atoms with van der Waals surface area (Å²) in [4.78, 5) is 27.1. The minimum absolute atomic E-state index is 0.191. The number of hydrogen-bond acceptors (Lipinski definition) is 3. The maximum Gasteiger partial charge on any atom is 0.255 e. The number of nitrogens with zero attached hydrogens (tertiary/aromatic N) is 1. The molecule has 0 saturated heterocycles. The van der Waals surface area contributed by atoms with Gasteiger partial charge in [0.05, 0.1) is 5.56 Å². The molecule has 3 rings (SSSR count). The van der Waals surface area contributed by atoms with Crippen LogP contribution in [0.3, 0.4) is 0 Å². The molecule has 0 aliphatic heterocycles. The van der Waals surface area contributed by atoms with Gasteiger partial charge in [0.1, 0.15) is 0 Å². The van der Waals surface area contributed by atoms with Gasteiger partial charge < -0.3 is 15.5 Å². The lowest BCUT2D eigenvalue weighted by Crippen LogP contribution is -2.25. The van der Waals surface area contributed by atoms with Crippen LogP contribution in [0.1, 0.15) is 26.3 Å². The van der Waals surface area contributed by atoms with Crippen molar-refractivity contribution in [2.45, 2.75) is 6.54 Å². The lowest BCUT2D eigenvalue weighted by molar-refractivity contribution is 0.0950. The summed E-state index contributed by atoms with van der Waals surface area (Å²) in [5.41, 5.74) is 3.45. The molecule has 0 heterocycles. The first-order valence-corrected chi connectivity index (χ1v) is 9.04. The molecule has 3 aromatic rings. The molecule has 0 atom stereocenters. The van der Waals surface area contributed by atoms with Crippen LogP contribution >= 0.6 is 0 Å². The third-order valence-corrected chi connectivity index (χ3v) is 4.31. The quantitative estimate of drug-likeness (QED) is 0.688. The molecule has 0 spiro atoms. The van der Waals surface area contributed by atoms with Crippen molar-refractivity contribution < 1.29 is 9.59 Å². The van der Waals surface area contributed by atoms with Gasteiger partial charge >= 0.3 is 0 Å². The van der Waals surface area contributed by atoms with E-state index in [1.54, 1.807) is 24.3 Å². The molecule has 28 heavy (non-hydrogen) atoms. The van der Waals surface area contributed by atoms with Crippen LogP contribution in [0, 0.1) is 0 Å². The first-order chi connectivity index (χ1) is 13.5. The van der Waals surface area contributed by atoms with Crippen LogP contribution in [0.4, 0.5) is 11.4 Å². The number of amides is 2. The zero-order valence-electron chi connectivity index (χ0n) is 16.0. The second kappa shape index (κ2) is 8.86. The van der Waals surface area contributed by atoms with Crippen molar-refractivity contribution in [2.24, 2.45) is 0 Å². The summed E-state index contributed by atoms with van der Waals surface area (Å²) in [6.07, 6.45) is 0. The molecule has 142 valence electrons. The van der Waals surface area contributed by atoms with Crippen LogP contribution in [0.15, 0.2) is 78.9 Å². The Labute approximate surface area is 165 Å². The van der Waals surface area contributed by atoms with E-state index >= 15 is 0 Å². The first kappa shape index (κ1) is 19.2. The van der Waals surface area contributed by atoms with Crippen molar-refractivity contribution in [3.05, 3.63) is 95.6 Å². The Morgan fingerprint density at radius 3 is 2.11 bits per heavy atom. The van der Waals surface area contributed by atoms with Crippen molar-refractivity contribution in [1.82, 2.24) is 5.32 Å². The van der Waals surface area contributed by atoms with Gasteiger partial charge in [-0.15, -0.1) is 0 Å². The highest BCUT2D eigenvalue weighted by Crippen LogP contribution is 2.23. The van der Waals surface area contributed by atoms with Gasteiger partial charge in [-0.25, -0.2) is 0 Å². The minimum atomic E-state index is -0.214. The highest BCUT2D eigenvalue weighted by Gasteiger charge is 2.15. The van der Waals surface area contributed by atoms with Gasteiger partial charge in [0.2, 0.25) is 0 Å². The maximum atomic E-state index is 12.8. The third-order valence-electron chi connectivity index (χ3n) is 4.31. The Bertz CT molecular complexity index is 954. The Kier molecular flexibility index (Phi) is 6.07. The molecule has 2 amide bonds. The largest absolute Gasteiger partial charge is 0.377 e. The molecular weight excluding hydrogens is 350 g/mol. The summed E-state index contributed by atoms with van der Waals surface area (Å²) in [6.45, 7) is 0.438. The van der Waals surface area contributed by atoms with Gasteiger partial charge in [0, 0.05) is 37.6 Å². The average Bonchev–Trinajstić information content (AvgIpc) is 2.73. The predicted octanol–water partition coefficient (Wildman–Crippen LogP) is 3.93. The predicted molar refractivity (Wildman–Crippen MR) is 113 cm³/mol. The summed E-state index contributed by atoms with van der Waals surface area (Å²) in [5, 5.41) is 5.80. The topological polar surface area (TPSA) is 61.4 Å². The fourth-order valence-corrected chi connectivity index (χ4v) is 2.85. The highest BCUT2D eigenvalue weighted by atomic mass is 16.2. The van der Waals surface area contributed by atoms with Crippen LogP contribution in [0.5, 0.6) is 0 Å². The molecule has 0 radical (unpaired) electrons. The van der Waals surface area contributed by atoms with Crippen molar-refractivity contribution in [1.29, 1.82) is 0 Å². The fourth-order valence-electron chi connectivity index (χ4n) is 2.85. The van der Waals surface area contributed by atoms with E-state index in [2.05, 4.69) is 10.6 Å². The molecule has 0 aromatic heterocycles. The molecule has 5 heteroatoms. The SMILES string of the molecule is CN(C)c1ccc(NC(=O)c2ccccc2)cc1C(=O)NCc1ccccc1. The zero-order chi connectivity index (χ0) is 19.9. The Hall–Kier alpha value is -3.60. The molecule has 0 fully saturated rings. The van der Waals surface area contributed by atoms with Crippen molar-refractivity contribution >= 4 is 23.2 Å². The van der Waals surface area contributed by atoms with Crippen LogP contribution in [-0.4, -0.2) is 25.9 Å². The molecular formula is C23H23N3O2. The Morgan fingerprint density at radius 1 is 0.821 bits per heavy atom. The smallest absolute Gasteiger partial charge is 0.255 e. The van der Waals surface area contributed by atoms with Gasteiger partial charge in [0.25, 0.3) is 11.8 Å². The molecule has 0 aliphatic rings. The van der Waals surface area contributed by atoms with Crippen molar-refractivity contribution in [2.75, 3.05) is 24.3 Å². The number of nitrogens with one attached hydrogen (secondary N) is 2. The van der Waals surface area contributed by atoms with Crippen LogP contribution in [-0.2, 0) is 6.54 Å². The molecule has 0 saturated carbocycles. The van der Waals surface area contributed by atoms with E-state index in [9.17, 15) is 9.59 Å². The van der Waals surface area contributed by atoms with E-state index in [1.807, 2.05) is 73.6 Å². The second-order valence-electron chi connectivity index (χ2n) is 6.61. The van der Waals surface area contributed by atoms with E-state index in [1.165, 1.54) is 0 Å². The number of carbonyl (C=O) groups excluding carboxylic acids is 2. The van der Waals surface area contributed by atoms with E-state index < -0.39 is 0 Å². The number of benzene rings is 3. The average molecular weight is 373 g/mol. The lowest BCUT2D eigenvalue weighted by Gasteiger charge is -2.18. The Balaban J connectivity index is 1.79. The van der Waals surface area contributed by atoms with E-state index in [4.69, 9.17) is 0 Å². The summed E-state index contributed by atoms with van der Waals surface area (Å²) >= 11 is 0.